The van der Waals surface area contributed by atoms with Gasteiger partial charge in [0.05, 0.1) is 0 Å². The highest BCUT2D eigenvalue weighted by molar-refractivity contribution is 7.89. The molecule has 2 N–H and O–H groups in total. The van der Waals surface area contributed by atoms with E-state index >= 15 is 0 Å². The van der Waals surface area contributed by atoms with Crippen LogP contribution in [0.25, 0.3) is 0 Å². The fourth-order valence-corrected chi connectivity index (χ4v) is 3.45. The normalized spacial score (nSPS) is 13.7. The molecule has 120 valence electrons. The van der Waals surface area contributed by atoms with Crippen LogP contribution in [0.1, 0.15) is 39.7 Å². The molecule has 7 heteroatoms. The first-order valence-electron chi connectivity index (χ1n) is 6.91. The molecule has 0 amide bonds. The lowest BCUT2D eigenvalue weighted by Gasteiger charge is -2.15. The first-order chi connectivity index (χ1) is 9.67. The molecule has 1 rings (SSSR count). The second kappa shape index (κ2) is 7.54. The van der Waals surface area contributed by atoms with Crippen LogP contribution in [0.5, 0.6) is 0 Å². The van der Waals surface area contributed by atoms with Gasteiger partial charge in [-0.3, -0.25) is 0 Å². The van der Waals surface area contributed by atoms with Crippen molar-refractivity contribution in [2.24, 2.45) is 0 Å². The van der Waals surface area contributed by atoms with Crippen LogP contribution in [-0.2, 0) is 16.6 Å². The highest BCUT2D eigenvalue weighted by Crippen LogP contribution is 2.24. The van der Waals surface area contributed by atoms with E-state index in [0.717, 1.165) is 6.07 Å². The van der Waals surface area contributed by atoms with Crippen LogP contribution in [0.4, 0.5) is 4.39 Å². The van der Waals surface area contributed by atoms with E-state index in [1.165, 1.54) is 6.07 Å². The van der Waals surface area contributed by atoms with Crippen molar-refractivity contribution in [1.82, 2.24) is 10.0 Å². The first kappa shape index (κ1) is 18.4. The van der Waals surface area contributed by atoms with Gasteiger partial charge in [-0.05, 0) is 25.5 Å². The van der Waals surface area contributed by atoms with Crippen LogP contribution in [0.2, 0.25) is 5.02 Å². The second-order valence-electron chi connectivity index (χ2n) is 5.34. The average Bonchev–Trinajstić information content (AvgIpc) is 2.38. The summed E-state index contributed by atoms with van der Waals surface area (Å²) in [5, 5.41) is 3.24. The van der Waals surface area contributed by atoms with Gasteiger partial charge in [0.15, 0.2) is 0 Å². The first-order valence-corrected chi connectivity index (χ1v) is 8.77. The van der Waals surface area contributed by atoms with E-state index in [1.807, 2.05) is 20.8 Å². The van der Waals surface area contributed by atoms with Gasteiger partial charge < -0.3 is 5.32 Å². The summed E-state index contributed by atoms with van der Waals surface area (Å²) in [6.07, 6.45) is 0.614. The molecular weight excluding hydrogens is 315 g/mol. The van der Waals surface area contributed by atoms with Crippen molar-refractivity contribution in [2.45, 2.75) is 57.6 Å². The third-order valence-electron chi connectivity index (χ3n) is 3.04. The van der Waals surface area contributed by atoms with Crippen molar-refractivity contribution >= 4 is 21.6 Å². The molecule has 1 aromatic rings. The lowest BCUT2D eigenvalue weighted by atomic mass is 10.2. The van der Waals surface area contributed by atoms with Gasteiger partial charge in [-0.1, -0.05) is 32.4 Å². The Morgan fingerprint density at radius 2 is 1.90 bits per heavy atom. The van der Waals surface area contributed by atoms with Gasteiger partial charge in [0.2, 0.25) is 10.0 Å². The monoisotopic (exact) mass is 336 g/mol. The van der Waals surface area contributed by atoms with Crippen LogP contribution >= 0.6 is 11.6 Å². The fourth-order valence-electron chi connectivity index (χ4n) is 1.67. The van der Waals surface area contributed by atoms with Crippen LogP contribution in [0, 0.1) is 5.82 Å². The molecule has 0 saturated carbocycles. The van der Waals surface area contributed by atoms with Gasteiger partial charge in [-0.2, -0.15) is 0 Å². The highest BCUT2D eigenvalue weighted by atomic mass is 35.5. The summed E-state index contributed by atoms with van der Waals surface area (Å²) >= 11 is 5.93. The standard InChI is InChI=1S/C14H22ClFN2O2S/c1-5-10(4)18-21(19,20)13-7-12(15)6-11(14(13)16)8-17-9(2)3/h6-7,9-10,17-18H,5,8H2,1-4H3. The summed E-state index contributed by atoms with van der Waals surface area (Å²) in [7, 11) is -3.92. The summed E-state index contributed by atoms with van der Waals surface area (Å²) in [5.74, 6) is -0.761. The number of nitrogens with one attached hydrogen (secondary N) is 2. The van der Waals surface area contributed by atoms with Crippen molar-refractivity contribution < 1.29 is 12.8 Å². The molecular formula is C14H22ClFN2O2S. The maximum Gasteiger partial charge on any atom is 0.243 e. The maximum atomic E-state index is 14.4. The number of benzene rings is 1. The van der Waals surface area contributed by atoms with Gasteiger partial charge in [-0.15, -0.1) is 0 Å². The predicted molar refractivity (Wildman–Crippen MR) is 83.5 cm³/mol. The van der Waals surface area contributed by atoms with Gasteiger partial charge in [-0.25, -0.2) is 17.5 Å². The fraction of sp³-hybridized carbons (Fsp3) is 0.571. The van der Waals surface area contributed by atoms with Crippen LogP contribution in [0.3, 0.4) is 0 Å². The molecule has 0 aromatic heterocycles. The number of halogens is 2. The van der Waals surface area contributed by atoms with Crippen molar-refractivity contribution in [3.8, 4) is 0 Å². The number of hydrogen-bond donors (Lipinski definition) is 2. The number of rotatable bonds is 7. The third kappa shape index (κ3) is 5.21. The van der Waals surface area contributed by atoms with E-state index in [0.29, 0.717) is 6.42 Å². The quantitative estimate of drug-likeness (QED) is 0.804. The summed E-state index contributed by atoms with van der Waals surface area (Å²) in [6.45, 7) is 7.63. The number of sulfonamides is 1. The molecule has 0 bridgehead atoms. The molecule has 0 saturated heterocycles. The Morgan fingerprint density at radius 1 is 1.29 bits per heavy atom. The zero-order chi connectivity index (χ0) is 16.2. The largest absolute Gasteiger partial charge is 0.310 e. The SMILES string of the molecule is CCC(C)NS(=O)(=O)c1cc(Cl)cc(CNC(C)C)c1F. The van der Waals surface area contributed by atoms with Crippen molar-refractivity contribution in [3.05, 3.63) is 28.5 Å². The summed E-state index contributed by atoms with van der Waals surface area (Å²) in [5.41, 5.74) is 0.237. The molecule has 1 aromatic carbocycles. The van der Waals surface area contributed by atoms with E-state index in [9.17, 15) is 12.8 Å². The predicted octanol–water partition coefficient (Wildman–Crippen LogP) is 3.05. The zero-order valence-corrected chi connectivity index (χ0v) is 14.3. The minimum atomic E-state index is -3.92. The summed E-state index contributed by atoms with van der Waals surface area (Å²) in [4.78, 5) is -0.407. The van der Waals surface area contributed by atoms with Crippen molar-refractivity contribution in [3.63, 3.8) is 0 Å². The van der Waals surface area contributed by atoms with Crippen molar-refractivity contribution in [2.75, 3.05) is 0 Å². The van der Waals surface area contributed by atoms with E-state index in [2.05, 4.69) is 10.0 Å². The molecule has 21 heavy (non-hydrogen) atoms. The Hall–Kier alpha value is -0.690. The Balaban J connectivity index is 3.18. The molecule has 1 atom stereocenters. The maximum absolute atomic E-state index is 14.4. The lowest BCUT2D eigenvalue weighted by molar-refractivity contribution is 0.522. The van der Waals surface area contributed by atoms with Gasteiger partial charge in [0.25, 0.3) is 0 Å². The molecule has 0 spiro atoms. The molecule has 1 unspecified atom stereocenters. The summed E-state index contributed by atoms with van der Waals surface area (Å²) in [6, 6.07) is 2.46. The van der Waals surface area contributed by atoms with Crippen molar-refractivity contribution in [1.29, 1.82) is 0 Å². The topological polar surface area (TPSA) is 58.2 Å². The average molecular weight is 337 g/mol. The molecule has 0 fully saturated rings. The van der Waals surface area contributed by atoms with Gasteiger partial charge >= 0.3 is 0 Å². The van der Waals surface area contributed by atoms with E-state index in [-0.39, 0.29) is 29.2 Å². The van der Waals surface area contributed by atoms with E-state index in [4.69, 9.17) is 11.6 Å². The molecule has 0 aliphatic carbocycles. The Bertz CT molecular complexity index is 591. The van der Waals surface area contributed by atoms with E-state index < -0.39 is 20.7 Å². The summed E-state index contributed by atoms with van der Waals surface area (Å²) < 4.78 is 41.3. The van der Waals surface area contributed by atoms with Crippen LogP contribution in [-0.4, -0.2) is 20.5 Å². The van der Waals surface area contributed by atoms with Gasteiger partial charge in [0.1, 0.15) is 10.7 Å². The minimum absolute atomic E-state index is 0.154. The Labute approximate surface area is 131 Å². The molecule has 0 aliphatic rings. The Morgan fingerprint density at radius 3 is 2.43 bits per heavy atom. The molecule has 0 aliphatic heterocycles. The van der Waals surface area contributed by atoms with Gasteiger partial charge in [0, 0.05) is 29.2 Å². The van der Waals surface area contributed by atoms with Crippen LogP contribution in [0.15, 0.2) is 17.0 Å². The smallest absolute Gasteiger partial charge is 0.243 e. The third-order valence-corrected chi connectivity index (χ3v) is 4.85. The minimum Gasteiger partial charge on any atom is -0.310 e. The molecule has 0 radical (unpaired) electrons. The molecule has 0 heterocycles. The lowest BCUT2D eigenvalue weighted by Crippen LogP contribution is -2.33. The second-order valence-corrected chi connectivity index (χ2v) is 7.46. The number of hydrogen-bond acceptors (Lipinski definition) is 3. The molecule has 4 nitrogen and oxygen atoms in total. The van der Waals surface area contributed by atoms with Crippen LogP contribution < -0.4 is 10.0 Å². The zero-order valence-electron chi connectivity index (χ0n) is 12.7. The van der Waals surface area contributed by atoms with E-state index in [1.54, 1.807) is 6.92 Å². The highest BCUT2D eigenvalue weighted by Gasteiger charge is 2.23. The Kier molecular flexibility index (Phi) is 6.59.